The molecule has 0 N–H and O–H groups in total. The number of methoxy groups -OCH3 is 2. The molecule has 2 aromatic carbocycles. The first-order valence-electron chi connectivity index (χ1n) is 11.8. The number of rotatable bonds is 11. The number of halogens is 3. The molecular formula is C27H30F3NO4. The molecule has 2 aromatic rings. The van der Waals surface area contributed by atoms with E-state index in [1.807, 2.05) is 4.90 Å². The third kappa shape index (κ3) is 6.50. The van der Waals surface area contributed by atoms with Crippen molar-refractivity contribution in [3.8, 4) is 5.75 Å². The van der Waals surface area contributed by atoms with E-state index < -0.39 is 17.7 Å². The summed E-state index contributed by atoms with van der Waals surface area (Å²) >= 11 is 0. The molecule has 188 valence electrons. The number of hydrogen-bond donors (Lipinski definition) is 0. The van der Waals surface area contributed by atoms with Crippen molar-refractivity contribution in [1.82, 2.24) is 0 Å². The molecule has 0 spiro atoms. The van der Waals surface area contributed by atoms with E-state index in [4.69, 9.17) is 14.2 Å². The molecule has 2 fully saturated rings. The maximum atomic E-state index is 14.1. The van der Waals surface area contributed by atoms with E-state index in [2.05, 4.69) is 0 Å². The van der Waals surface area contributed by atoms with Gasteiger partial charge < -0.3 is 19.1 Å². The number of alkyl halides is 3. The minimum atomic E-state index is -4.50. The van der Waals surface area contributed by atoms with Crippen molar-refractivity contribution in [1.29, 1.82) is 0 Å². The Morgan fingerprint density at radius 3 is 2.26 bits per heavy atom. The van der Waals surface area contributed by atoms with Gasteiger partial charge in [0, 0.05) is 18.8 Å². The van der Waals surface area contributed by atoms with Gasteiger partial charge in [-0.05, 0) is 66.8 Å². The van der Waals surface area contributed by atoms with E-state index in [1.54, 1.807) is 30.3 Å². The van der Waals surface area contributed by atoms with E-state index in [0.717, 1.165) is 31.7 Å². The van der Waals surface area contributed by atoms with Crippen LogP contribution in [-0.4, -0.2) is 33.3 Å². The maximum absolute atomic E-state index is 14.1. The van der Waals surface area contributed by atoms with Gasteiger partial charge in [0.15, 0.2) is 0 Å². The number of esters is 1. The van der Waals surface area contributed by atoms with Crippen molar-refractivity contribution in [3.63, 3.8) is 0 Å². The molecule has 0 bridgehead atoms. The van der Waals surface area contributed by atoms with Crippen LogP contribution >= 0.6 is 0 Å². The summed E-state index contributed by atoms with van der Waals surface area (Å²) < 4.78 is 57.9. The molecule has 0 aromatic heterocycles. The van der Waals surface area contributed by atoms with Crippen LogP contribution in [0.15, 0.2) is 48.7 Å². The molecule has 0 amide bonds. The van der Waals surface area contributed by atoms with Crippen LogP contribution in [0, 0.1) is 11.8 Å². The maximum Gasteiger partial charge on any atom is 0.418 e. The van der Waals surface area contributed by atoms with Crippen LogP contribution in [-0.2, 0) is 27.1 Å². The third-order valence-electron chi connectivity index (χ3n) is 6.31. The highest BCUT2D eigenvalue weighted by molar-refractivity contribution is 6.16. The predicted molar refractivity (Wildman–Crippen MR) is 127 cm³/mol. The van der Waals surface area contributed by atoms with Gasteiger partial charge >= 0.3 is 12.1 Å². The minimum Gasteiger partial charge on any atom is -0.503 e. The Morgan fingerprint density at radius 2 is 1.69 bits per heavy atom. The first-order valence-corrected chi connectivity index (χ1v) is 11.8. The lowest BCUT2D eigenvalue weighted by Crippen LogP contribution is -2.30. The summed E-state index contributed by atoms with van der Waals surface area (Å²) in [5.41, 5.74) is 0.868. The predicted octanol–water partition coefficient (Wildman–Crippen LogP) is 6.07. The Labute approximate surface area is 203 Å². The Bertz CT molecular complexity index is 1060. The summed E-state index contributed by atoms with van der Waals surface area (Å²) in [6.45, 7) is 1.29. The zero-order chi connectivity index (χ0) is 25.0. The number of carbonyl (C=O) groups is 1. The van der Waals surface area contributed by atoms with E-state index in [-0.39, 0.29) is 23.6 Å². The number of ether oxygens (including phenoxy) is 3. The Kier molecular flexibility index (Phi) is 7.57. The van der Waals surface area contributed by atoms with Crippen molar-refractivity contribution >= 4 is 17.2 Å². The lowest BCUT2D eigenvalue weighted by atomic mass is 10.0. The summed E-state index contributed by atoms with van der Waals surface area (Å²) in [5, 5.41) is 0. The highest BCUT2D eigenvalue weighted by Crippen LogP contribution is 2.42. The largest absolute Gasteiger partial charge is 0.503 e. The molecule has 0 unspecified atom stereocenters. The van der Waals surface area contributed by atoms with Gasteiger partial charge in [-0.2, -0.15) is 13.2 Å². The second kappa shape index (κ2) is 10.6. The van der Waals surface area contributed by atoms with Crippen molar-refractivity contribution in [2.75, 3.05) is 32.2 Å². The van der Waals surface area contributed by atoms with Gasteiger partial charge in [-0.1, -0.05) is 24.3 Å². The minimum absolute atomic E-state index is 0.0290. The fourth-order valence-electron chi connectivity index (χ4n) is 4.12. The molecule has 0 aliphatic heterocycles. The molecule has 0 radical (unpaired) electrons. The molecule has 0 saturated heterocycles. The summed E-state index contributed by atoms with van der Waals surface area (Å²) in [7, 11) is 2.68. The summed E-state index contributed by atoms with van der Waals surface area (Å²) in [6.07, 6.45) is 1.08. The Morgan fingerprint density at radius 1 is 1.03 bits per heavy atom. The van der Waals surface area contributed by atoms with Gasteiger partial charge in [-0.15, -0.1) is 0 Å². The van der Waals surface area contributed by atoms with Crippen molar-refractivity contribution in [3.05, 3.63) is 65.4 Å². The van der Waals surface area contributed by atoms with Gasteiger partial charge in [0.25, 0.3) is 0 Å². The SMILES string of the molecule is CO/C=C(/C(=O)OC)c1ccccc1COc1ccc(N(CC2CC2)CC2CC2)c(C(F)(F)F)c1. The number of benzene rings is 2. The van der Waals surface area contributed by atoms with E-state index in [0.29, 0.717) is 36.1 Å². The zero-order valence-corrected chi connectivity index (χ0v) is 19.9. The summed E-state index contributed by atoms with van der Waals surface area (Å²) in [5.74, 6) is 0.483. The summed E-state index contributed by atoms with van der Waals surface area (Å²) in [4.78, 5) is 14.1. The lowest BCUT2D eigenvalue weighted by molar-refractivity contribution is -0.137. The lowest BCUT2D eigenvalue weighted by Gasteiger charge is -2.28. The zero-order valence-electron chi connectivity index (χ0n) is 19.9. The summed E-state index contributed by atoms with van der Waals surface area (Å²) in [6, 6.07) is 11.2. The van der Waals surface area contributed by atoms with Crippen LogP contribution in [0.25, 0.3) is 5.57 Å². The number of anilines is 1. The Hall–Kier alpha value is -3.16. The molecule has 2 saturated carbocycles. The number of hydrogen-bond acceptors (Lipinski definition) is 5. The van der Waals surface area contributed by atoms with Gasteiger partial charge in [0.2, 0.25) is 0 Å². The van der Waals surface area contributed by atoms with Crippen LogP contribution in [0.4, 0.5) is 18.9 Å². The van der Waals surface area contributed by atoms with Crippen molar-refractivity contribution < 1.29 is 32.2 Å². The highest BCUT2D eigenvalue weighted by atomic mass is 19.4. The van der Waals surface area contributed by atoms with Gasteiger partial charge in [-0.25, -0.2) is 4.79 Å². The smallest absolute Gasteiger partial charge is 0.418 e. The molecule has 2 aliphatic rings. The van der Waals surface area contributed by atoms with Crippen LogP contribution in [0.2, 0.25) is 0 Å². The normalized spacial score (nSPS) is 16.1. The fourth-order valence-corrected chi connectivity index (χ4v) is 4.12. The molecular weight excluding hydrogens is 459 g/mol. The van der Waals surface area contributed by atoms with Crippen LogP contribution in [0.1, 0.15) is 42.4 Å². The van der Waals surface area contributed by atoms with Crippen LogP contribution in [0.5, 0.6) is 5.75 Å². The number of nitrogens with zero attached hydrogens (tertiary/aromatic N) is 1. The molecule has 0 atom stereocenters. The van der Waals surface area contributed by atoms with Gasteiger partial charge in [0.1, 0.15) is 17.9 Å². The van der Waals surface area contributed by atoms with Gasteiger partial charge in [0.05, 0.1) is 26.0 Å². The molecule has 35 heavy (non-hydrogen) atoms. The highest BCUT2D eigenvalue weighted by Gasteiger charge is 2.38. The third-order valence-corrected chi connectivity index (χ3v) is 6.31. The molecule has 4 rings (SSSR count). The molecule has 8 heteroatoms. The van der Waals surface area contributed by atoms with Crippen LogP contribution < -0.4 is 9.64 Å². The second-order valence-electron chi connectivity index (χ2n) is 9.17. The molecule has 2 aliphatic carbocycles. The molecule has 0 heterocycles. The second-order valence-corrected chi connectivity index (χ2v) is 9.17. The van der Waals surface area contributed by atoms with E-state index in [9.17, 15) is 18.0 Å². The van der Waals surface area contributed by atoms with E-state index in [1.165, 1.54) is 26.5 Å². The van der Waals surface area contributed by atoms with E-state index >= 15 is 0 Å². The first kappa shape index (κ1) is 24.9. The average Bonchev–Trinajstić information content (AvgIpc) is 3.77. The average molecular weight is 490 g/mol. The molecule has 5 nitrogen and oxygen atoms in total. The van der Waals surface area contributed by atoms with Crippen molar-refractivity contribution in [2.45, 2.75) is 38.5 Å². The quantitative estimate of drug-likeness (QED) is 0.218. The first-order chi connectivity index (χ1) is 16.8. The topological polar surface area (TPSA) is 48.0 Å². The van der Waals surface area contributed by atoms with Crippen molar-refractivity contribution in [2.24, 2.45) is 11.8 Å². The van der Waals surface area contributed by atoms with Crippen LogP contribution in [0.3, 0.4) is 0 Å². The monoisotopic (exact) mass is 489 g/mol. The standard InChI is InChI=1S/C27H30F3NO4/c1-33-17-23(26(32)34-2)22-6-4-3-5-20(22)16-35-21-11-12-25(24(13-21)27(28,29)30)31(14-18-7-8-18)15-19-9-10-19/h3-6,11-13,17-19H,7-10,14-16H2,1-2H3/b23-17+. The number of carbonyl (C=O) groups excluding carboxylic acids is 1. The fraction of sp³-hybridized carbons (Fsp3) is 0.444. The Balaban J connectivity index is 1.58. The van der Waals surface area contributed by atoms with Gasteiger partial charge in [-0.3, -0.25) is 0 Å².